The van der Waals surface area contributed by atoms with E-state index in [2.05, 4.69) is 9.97 Å². The number of carboxylic acid groups (broad SMARTS) is 1. The van der Waals surface area contributed by atoms with Crippen LogP contribution in [-0.4, -0.2) is 21.0 Å². The van der Waals surface area contributed by atoms with Crippen LogP contribution < -0.4 is 0 Å². The minimum absolute atomic E-state index is 0.359. The molecule has 21 heavy (non-hydrogen) atoms. The van der Waals surface area contributed by atoms with Gasteiger partial charge in [-0.15, -0.1) is 0 Å². The second kappa shape index (κ2) is 5.47. The topological polar surface area (TPSA) is 76.2 Å². The van der Waals surface area contributed by atoms with Gasteiger partial charge in [-0.1, -0.05) is 25.7 Å². The Labute approximate surface area is 123 Å². The molecule has 0 radical (unpaired) electrons. The number of aromatic nitrogens is 2. The van der Waals surface area contributed by atoms with Crippen molar-refractivity contribution < 1.29 is 14.3 Å². The van der Waals surface area contributed by atoms with Gasteiger partial charge >= 0.3 is 5.97 Å². The maximum absolute atomic E-state index is 11.8. The number of fused-ring (bicyclic) bond motifs is 1. The predicted octanol–water partition coefficient (Wildman–Crippen LogP) is 3.50. The van der Waals surface area contributed by atoms with Gasteiger partial charge in [0, 0.05) is 12.1 Å². The summed E-state index contributed by atoms with van der Waals surface area (Å²) in [5, 5.41) is 9.71. The lowest BCUT2D eigenvalue weighted by Gasteiger charge is -2.26. The fourth-order valence-electron chi connectivity index (χ4n) is 3.19. The molecule has 1 saturated carbocycles. The van der Waals surface area contributed by atoms with Gasteiger partial charge in [0.1, 0.15) is 0 Å². The molecule has 1 N–H and O–H groups in total. The Balaban J connectivity index is 1.91. The minimum Gasteiger partial charge on any atom is -0.481 e. The molecule has 0 bridgehead atoms. The Morgan fingerprint density at radius 1 is 1.24 bits per heavy atom. The summed E-state index contributed by atoms with van der Waals surface area (Å²) in [6.07, 6.45) is 5.92. The monoisotopic (exact) mass is 288 g/mol. The van der Waals surface area contributed by atoms with Gasteiger partial charge in [0.05, 0.1) is 5.41 Å². The molecule has 112 valence electrons. The van der Waals surface area contributed by atoms with Crippen LogP contribution in [0.15, 0.2) is 16.5 Å². The molecule has 0 spiro atoms. The molecule has 0 atom stereocenters. The number of hydrogen-bond donors (Lipinski definition) is 1. The molecular weight excluding hydrogens is 268 g/mol. The van der Waals surface area contributed by atoms with E-state index in [1.54, 1.807) is 0 Å². The van der Waals surface area contributed by atoms with E-state index in [0.717, 1.165) is 31.4 Å². The zero-order valence-corrected chi connectivity index (χ0v) is 12.3. The molecule has 2 heterocycles. The number of rotatable bonds is 3. The van der Waals surface area contributed by atoms with Crippen LogP contribution in [0.3, 0.4) is 0 Å². The highest BCUT2D eigenvalue weighted by molar-refractivity contribution is 5.75. The molecular formula is C16H20N2O3. The first-order valence-electron chi connectivity index (χ1n) is 7.56. The van der Waals surface area contributed by atoms with Crippen LogP contribution in [0.25, 0.3) is 11.2 Å². The number of carbonyl (C=O) groups is 1. The predicted molar refractivity (Wildman–Crippen MR) is 78.0 cm³/mol. The summed E-state index contributed by atoms with van der Waals surface area (Å²) in [4.78, 5) is 20.5. The SMILES string of the molecule is Cc1ccc2oc(CC3(C(=O)O)CCCCCC3)nc2n1. The maximum atomic E-state index is 11.8. The zero-order chi connectivity index (χ0) is 14.9. The summed E-state index contributed by atoms with van der Waals surface area (Å²) in [6.45, 7) is 1.90. The fraction of sp³-hybridized carbons (Fsp3) is 0.562. The first-order chi connectivity index (χ1) is 10.1. The van der Waals surface area contributed by atoms with Gasteiger partial charge in [-0.3, -0.25) is 4.79 Å². The van der Waals surface area contributed by atoms with Gasteiger partial charge < -0.3 is 9.52 Å². The van der Waals surface area contributed by atoms with Gasteiger partial charge in [0.25, 0.3) is 0 Å². The molecule has 0 unspecified atom stereocenters. The summed E-state index contributed by atoms with van der Waals surface area (Å²) >= 11 is 0. The average Bonchev–Trinajstić information content (AvgIpc) is 2.67. The Bertz CT molecular complexity index is 655. The van der Waals surface area contributed by atoms with Crippen molar-refractivity contribution in [2.45, 2.75) is 51.9 Å². The normalized spacial score (nSPS) is 18.5. The van der Waals surface area contributed by atoms with Crippen LogP contribution in [0, 0.1) is 12.3 Å². The number of pyridine rings is 1. The van der Waals surface area contributed by atoms with E-state index in [0.29, 0.717) is 36.4 Å². The van der Waals surface area contributed by atoms with Crippen LogP contribution in [0.4, 0.5) is 0 Å². The lowest BCUT2D eigenvalue weighted by Crippen LogP contribution is -2.33. The molecule has 3 rings (SSSR count). The first kappa shape index (κ1) is 14.0. The largest absolute Gasteiger partial charge is 0.481 e. The highest BCUT2D eigenvalue weighted by Crippen LogP contribution is 2.38. The van der Waals surface area contributed by atoms with E-state index in [1.165, 1.54) is 0 Å². The third kappa shape index (κ3) is 2.77. The number of nitrogens with zero attached hydrogens (tertiary/aromatic N) is 2. The van der Waals surface area contributed by atoms with Crippen molar-refractivity contribution in [3.63, 3.8) is 0 Å². The number of aryl methyl sites for hydroxylation is 1. The molecule has 0 amide bonds. The van der Waals surface area contributed by atoms with Gasteiger partial charge in [-0.05, 0) is 31.9 Å². The van der Waals surface area contributed by atoms with Crippen molar-refractivity contribution >= 4 is 17.2 Å². The molecule has 1 fully saturated rings. The Hall–Kier alpha value is -1.91. The number of carboxylic acids is 1. The van der Waals surface area contributed by atoms with Crippen molar-refractivity contribution in [2.24, 2.45) is 5.41 Å². The van der Waals surface area contributed by atoms with Gasteiger partial charge in [-0.2, -0.15) is 4.98 Å². The van der Waals surface area contributed by atoms with Crippen molar-refractivity contribution in [2.75, 3.05) is 0 Å². The molecule has 0 aliphatic heterocycles. The fourth-order valence-corrected chi connectivity index (χ4v) is 3.19. The van der Waals surface area contributed by atoms with E-state index in [-0.39, 0.29) is 0 Å². The molecule has 5 heteroatoms. The molecule has 0 saturated heterocycles. The summed E-state index contributed by atoms with van der Waals surface area (Å²) in [5.74, 6) is -0.233. The number of aliphatic carboxylic acids is 1. The third-order valence-corrected chi connectivity index (χ3v) is 4.44. The van der Waals surface area contributed by atoms with Crippen LogP contribution in [0.1, 0.15) is 50.1 Å². The standard InChI is InChI=1S/C16H20N2O3/c1-11-6-7-12-14(17-11)18-13(21-12)10-16(15(19)20)8-4-2-3-5-9-16/h6-7H,2-5,8-10H2,1H3,(H,19,20). The molecule has 2 aromatic rings. The second-order valence-corrected chi connectivity index (χ2v) is 6.06. The quantitative estimate of drug-likeness (QED) is 0.875. The van der Waals surface area contributed by atoms with E-state index in [9.17, 15) is 9.90 Å². The van der Waals surface area contributed by atoms with E-state index < -0.39 is 11.4 Å². The summed E-state index contributed by atoms with van der Waals surface area (Å²) in [5.41, 5.74) is 1.35. The summed E-state index contributed by atoms with van der Waals surface area (Å²) < 4.78 is 5.70. The zero-order valence-electron chi connectivity index (χ0n) is 12.3. The van der Waals surface area contributed by atoms with Gasteiger partial charge in [-0.25, -0.2) is 4.98 Å². The highest BCUT2D eigenvalue weighted by Gasteiger charge is 2.40. The number of oxazole rings is 1. The lowest BCUT2D eigenvalue weighted by molar-refractivity contribution is -0.150. The highest BCUT2D eigenvalue weighted by atomic mass is 16.4. The third-order valence-electron chi connectivity index (χ3n) is 4.44. The van der Waals surface area contributed by atoms with E-state index in [1.807, 2.05) is 19.1 Å². The minimum atomic E-state index is -0.730. The van der Waals surface area contributed by atoms with Crippen molar-refractivity contribution in [1.82, 2.24) is 9.97 Å². The van der Waals surface area contributed by atoms with E-state index >= 15 is 0 Å². The van der Waals surface area contributed by atoms with Crippen LogP contribution in [0.5, 0.6) is 0 Å². The molecule has 1 aliphatic carbocycles. The van der Waals surface area contributed by atoms with Crippen molar-refractivity contribution in [1.29, 1.82) is 0 Å². The van der Waals surface area contributed by atoms with Crippen molar-refractivity contribution in [3.8, 4) is 0 Å². The smallest absolute Gasteiger partial charge is 0.310 e. The van der Waals surface area contributed by atoms with Crippen molar-refractivity contribution in [3.05, 3.63) is 23.7 Å². The molecule has 1 aliphatic rings. The van der Waals surface area contributed by atoms with Gasteiger partial charge in [0.2, 0.25) is 0 Å². The van der Waals surface area contributed by atoms with Crippen LogP contribution in [0.2, 0.25) is 0 Å². The van der Waals surface area contributed by atoms with Gasteiger partial charge in [0.15, 0.2) is 17.1 Å². The van der Waals surface area contributed by atoms with Crippen LogP contribution >= 0.6 is 0 Å². The number of hydrogen-bond acceptors (Lipinski definition) is 4. The van der Waals surface area contributed by atoms with E-state index in [4.69, 9.17) is 4.42 Å². The first-order valence-corrected chi connectivity index (χ1v) is 7.56. The summed E-state index contributed by atoms with van der Waals surface area (Å²) in [7, 11) is 0. The maximum Gasteiger partial charge on any atom is 0.310 e. The Morgan fingerprint density at radius 3 is 2.62 bits per heavy atom. The molecule has 2 aromatic heterocycles. The molecule has 0 aromatic carbocycles. The van der Waals surface area contributed by atoms with Crippen LogP contribution in [-0.2, 0) is 11.2 Å². The average molecular weight is 288 g/mol. The molecule has 5 nitrogen and oxygen atoms in total. The summed E-state index contributed by atoms with van der Waals surface area (Å²) in [6, 6.07) is 3.71. The lowest BCUT2D eigenvalue weighted by atomic mass is 9.77. The Morgan fingerprint density at radius 2 is 1.95 bits per heavy atom. The second-order valence-electron chi connectivity index (χ2n) is 6.06. The Kier molecular flexibility index (Phi) is 3.66.